The highest BCUT2D eigenvalue weighted by molar-refractivity contribution is 6.91. The van der Waals surface area contributed by atoms with Gasteiger partial charge in [-0.2, -0.15) is 0 Å². The number of ether oxygens (including phenoxy) is 2. The number of carbonyl (C=O) groups is 2. The average molecular weight is 633 g/mol. The first-order chi connectivity index (χ1) is 21.7. The molecule has 0 radical (unpaired) electrons. The number of hydrogen-bond donors (Lipinski definition) is 4. The molecule has 12 heteroatoms. The Morgan fingerprint density at radius 3 is 2.76 bits per heavy atom. The fourth-order valence-electron chi connectivity index (χ4n) is 7.74. The number of hydrogen-bond acceptors (Lipinski definition) is 8. The monoisotopic (exact) mass is 632 g/mol. The van der Waals surface area contributed by atoms with Crippen LogP contribution in [-0.4, -0.2) is 72.9 Å². The number of aryl methyl sites for hydroxylation is 1. The normalized spacial score (nSPS) is 26.1. The van der Waals surface area contributed by atoms with Gasteiger partial charge in [-0.15, -0.1) is 5.10 Å². The van der Waals surface area contributed by atoms with Crippen molar-refractivity contribution in [2.24, 2.45) is 11.8 Å². The number of anilines is 2. The van der Waals surface area contributed by atoms with Crippen LogP contribution in [-0.2, 0) is 32.9 Å². The van der Waals surface area contributed by atoms with Gasteiger partial charge in [0.25, 0.3) is 5.91 Å². The van der Waals surface area contributed by atoms with E-state index in [1.807, 2.05) is 36.5 Å². The molecule has 240 valence electrons. The number of amides is 2. The fraction of sp³-hybridized carbons (Fsp3) is 0.515. The highest BCUT2D eigenvalue weighted by atomic mass is 28.3. The summed E-state index contributed by atoms with van der Waals surface area (Å²) in [4.78, 5) is 27.2. The van der Waals surface area contributed by atoms with Crippen LogP contribution in [0.1, 0.15) is 37.4 Å². The summed E-state index contributed by atoms with van der Waals surface area (Å²) >= 11 is 0. The molecular weight excluding hydrogens is 588 g/mol. The average Bonchev–Trinajstić information content (AvgIpc) is 3.71. The zero-order valence-corrected chi connectivity index (χ0v) is 27.5. The molecule has 2 aromatic carbocycles. The Labute approximate surface area is 265 Å². The number of methoxy groups -OCH3 is 1. The third-order valence-electron chi connectivity index (χ3n) is 10.1. The minimum absolute atomic E-state index is 0.00827. The highest BCUT2D eigenvalue weighted by Gasteiger charge is 2.64. The molecule has 45 heavy (non-hydrogen) atoms. The first-order valence-electron chi connectivity index (χ1n) is 16.0. The maximum atomic E-state index is 14.1. The van der Waals surface area contributed by atoms with Crippen LogP contribution in [0.4, 0.5) is 11.4 Å². The lowest BCUT2D eigenvalue weighted by molar-refractivity contribution is -0.143. The molecule has 0 bridgehead atoms. The van der Waals surface area contributed by atoms with Gasteiger partial charge in [0.15, 0.2) is 5.60 Å². The molecule has 3 aromatic rings. The highest BCUT2D eigenvalue weighted by Crippen LogP contribution is 2.59. The lowest BCUT2D eigenvalue weighted by Gasteiger charge is -2.37. The molecule has 1 unspecified atom stereocenters. The van der Waals surface area contributed by atoms with Crippen molar-refractivity contribution in [1.29, 1.82) is 0 Å². The Bertz CT molecular complexity index is 1540. The van der Waals surface area contributed by atoms with Crippen LogP contribution in [0.2, 0.25) is 18.6 Å². The lowest BCUT2D eigenvalue weighted by Crippen LogP contribution is -2.51. The van der Waals surface area contributed by atoms with E-state index in [9.17, 15) is 14.7 Å². The Balaban J connectivity index is 1.34. The summed E-state index contributed by atoms with van der Waals surface area (Å²) in [5, 5.41) is 28.6. The summed E-state index contributed by atoms with van der Waals surface area (Å²) in [5.41, 5.74) is 1.78. The van der Waals surface area contributed by atoms with E-state index < -0.39 is 13.7 Å². The molecule has 2 amide bonds. The number of nitrogens with zero attached hydrogens (tertiary/aromatic N) is 3. The SMILES string of the molecule is COc1ccc([Si](C)(C)[C@H]2[C@H](CCn3cc(CCO)nn3)O[C@@]3(C(=O)Nc4ccc(NC(=O)C5CCCNC5)cc43)[C@@H]2C)cc1. The van der Waals surface area contributed by atoms with Crippen molar-refractivity contribution in [2.75, 3.05) is 37.4 Å². The van der Waals surface area contributed by atoms with Crippen molar-refractivity contribution < 1.29 is 24.2 Å². The van der Waals surface area contributed by atoms with Crippen LogP contribution in [0.5, 0.6) is 5.75 Å². The van der Waals surface area contributed by atoms with Crippen LogP contribution in [0.3, 0.4) is 0 Å². The van der Waals surface area contributed by atoms with Gasteiger partial charge in [-0.3, -0.25) is 14.3 Å². The smallest absolute Gasteiger partial charge is 0.261 e. The second-order valence-corrected chi connectivity index (χ2v) is 17.8. The number of aliphatic hydroxyl groups excluding tert-OH is 1. The zero-order chi connectivity index (χ0) is 31.8. The summed E-state index contributed by atoms with van der Waals surface area (Å²) in [6.07, 6.45) is 4.54. The number of rotatable bonds is 10. The zero-order valence-electron chi connectivity index (χ0n) is 26.5. The number of benzene rings is 2. The maximum absolute atomic E-state index is 14.1. The second kappa shape index (κ2) is 12.7. The van der Waals surface area contributed by atoms with E-state index >= 15 is 0 Å². The number of carbonyl (C=O) groups excluding carboxylic acids is 2. The second-order valence-electron chi connectivity index (χ2n) is 13.1. The maximum Gasteiger partial charge on any atom is 0.261 e. The summed E-state index contributed by atoms with van der Waals surface area (Å²) in [6.45, 7) is 9.03. The van der Waals surface area contributed by atoms with Gasteiger partial charge in [0.2, 0.25) is 5.91 Å². The molecule has 1 aromatic heterocycles. The molecule has 5 atom stereocenters. The molecule has 3 aliphatic heterocycles. The van der Waals surface area contributed by atoms with Gasteiger partial charge in [-0.1, -0.05) is 42.6 Å². The molecule has 0 aliphatic carbocycles. The van der Waals surface area contributed by atoms with Gasteiger partial charge in [0.1, 0.15) is 5.75 Å². The van der Waals surface area contributed by atoms with Crippen molar-refractivity contribution in [2.45, 2.75) is 69.5 Å². The molecule has 6 rings (SSSR count). The van der Waals surface area contributed by atoms with Crippen LogP contribution < -0.4 is 25.9 Å². The van der Waals surface area contributed by atoms with E-state index in [4.69, 9.17) is 9.47 Å². The Morgan fingerprint density at radius 2 is 2.04 bits per heavy atom. The molecule has 11 nitrogen and oxygen atoms in total. The minimum Gasteiger partial charge on any atom is -0.497 e. The molecule has 0 saturated carbocycles. The van der Waals surface area contributed by atoms with Crippen molar-refractivity contribution >= 4 is 36.4 Å². The molecule has 4 N–H and O–H groups in total. The number of aliphatic hydroxyl groups is 1. The Morgan fingerprint density at radius 1 is 1.24 bits per heavy atom. The van der Waals surface area contributed by atoms with Crippen LogP contribution in [0, 0.1) is 11.8 Å². The van der Waals surface area contributed by atoms with E-state index in [2.05, 4.69) is 58.4 Å². The van der Waals surface area contributed by atoms with Gasteiger partial charge >= 0.3 is 0 Å². The summed E-state index contributed by atoms with van der Waals surface area (Å²) in [7, 11) is -0.610. The predicted molar refractivity (Wildman–Crippen MR) is 174 cm³/mol. The Kier molecular flexibility index (Phi) is 8.84. The Hall–Kier alpha value is -3.58. The summed E-state index contributed by atoms with van der Waals surface area (Å²) in [6, 6.07) is 14.0. The quantitative estimate of drug-likeness (QED) is 0.250. The van der Waals surface area contributed by atoms with Crippen LogP contribution in [0.15, 0.2) is 48.7 Å². The van der Waals surface area contributed by atoms with Crippen molar-refractivity contribution in [3.8, 4) is 5.75 Å². The van der Waals surface area contributed by atoms with Gasteiger partial charge in [0, 0.05) is 55.2 Å². The first-order valence-corrected chi connectivity index (χ1v) is 19.0. The number of nitrogens with one attached hydrogen (secondary N) is 3. The minimum atomic E-state index is -2.28. The fourth-order valence-corrected chi connectivity index (χ4v) is 11.8. The predicted octanol–water partition coefficient (Wildman–Crippen LogP) is 3.02. The van der Waals surface area contributed by atoms with E-state index in [0.29, 0.717) is 31.6 Å². The number of fused-ring (bicyclic) bond motifs is 2. The van der Waals surface area contributed by atoms with Crippen LogP contribution in [0.25, 0.3) is 0 Å². The third-order valence-corrected chi connectivity index (χ3v) is 14.5. The van der Waals surface area contributed by atoms with E-state index in [1.54, 1.807) is 11.8 Å². The largest absolute Gasteiger partial charge is 0.497 e. The number of aromatic nitrogens is 3. The third kappa shape index (κ3) is 5.80. The molecule has 2 saturated heterocycles. The van der Waals surface area contributed by atoms with Gasteiger partial charge in [-0.25, -0.2) is 0 Å². The lowest BCUT2D eigenvalue weighted by atomic mass is 9.82. The molecule has 1 spiro atoms. The first kappa shape index (κ1) is 31.4. The van der Waals surface area contributed by atoms with Crippen molar-refractivity contribution in [3.63, 3.8) is 0 Å². The molecule has 4 heterocycles. The van der Waals surface area contributed by atoms with Gasteiger partial charge in [0.05, 0.1) is 32.9 Å². The molecule has 3 aliphatic rings. The summed E-state index contributed by atoms with van der Waals surface area (Å²) < 4.78 is 14.3. The number of piperidine rings is 1. The van der Waals surface area contributed by atoms with Crippen molar-refractivity contribution in [3.05, 3.63) is 59.9 Å². The molecule has 2 fully saturated rings. The van der Waals surface area contributed by atoms with E-state index in [1.165, 1.54) is 5.19 Å². The molecular formula is C33H44N6O5Si. The topological polar surface area (TPSA) is 140 Å². The standard InChI is InChI=1S/C33H44N6O5Si/c1-21-30(45(3,4)26-10-8-25(43-2)9-11-26)29(13-16-39-20-24(14-17-40)37-38-39)44-33(21)27-18-23(7-12-28(27)36-32(33)42)35-31(41)22-6-5-15-34-19-22/h7-12,18,20-22,29-30,34,40H,5-6,13-17,19H2,1-4H3,(H,35,41)(H,36,42)/t21-,22?,29+,30-,33+/m1/s1. The van der Waals surface area contributed by atoms with Crippen molar-refractivity contribution in [1.82, 2.24) is 20.3 Å². The van der Waals surface area contributed by atoms with Gasteiger partial charge < -0.3 is 30.5 Å². The summed E-state index contributed by atoms with van der Waals surface area (Å²) in [5.74, 6) is 0.401. The van der Waals surface area contributed by atoms with Gasteiger partial charge in [-0.05, 0) is 61.7 Å². The van der Waals surface area contributed by atoms with E-state index in [0.717, 1.165) is 42.1 Å². The van der Waals surface area contributed by atoms with Crippen LogP contribution >= 0.6 is 0 Å². The van der Waals surface area contributed by atoms with E-state index in [-0.39, 0.29) is 41.9 Å².